The van der Waals surface area contributed by atoms with Crippen LogP contribution in [0.4, 0.5) is 0 Å². The normalized spacial score (nSPS) is 16.6. The second-order valence-corrected chi connectivity index (χ2v) is 7.79. The van der Waals surface area contributed by atoms with Crippen molar-refractivity contribution < 1.29 is 9.63 Å². The number of amides is 1. The highest BCUT2D eigenvalue weighted by Gasteiger charge is 2.33. The Kier molecular flexibility index (Phi) is 4.47. The molecule has 2 aromatic carbocycles. The number of rotatable bonds is 4. The van der Waals surface area contributed by atoms with Gasteiger partial charge in [-0.25, -0.2) is 4.68 Å². The molecule has 0 bridgehead atoms. The first kappa shape index (κ1) is 18.0. The molecule has 0 aliphatic heterocycles. The summed E-state index contributed by atoms with van der Waals surface area (Å²) < 4.78 is 1.90. The molecule has 28 heavy (non-hydrogen) atoms. The third kappa shape index (κ3) is 3.53. The molecule has 0 radical (unpaired) electrons. The minimum atomic E-state index is -0.442. The first-order valence-corrected chi connectivity index (χ1v) is 9.19. The largest absolute Gasteiger partial charge is 0.366 e. The van der Waals surface area contributed by atoms with Gasteiger partial charge in [-0.3, -0.25) is 4.79 Å². The fraction of sp³-hybridized carbons (Fsp3) is 0.227. The lowest BCUT2D eigenvalue weighted by Gasteiger charge is -2.30. The number of oxime groups is 1. The smallest absolute Gasteiger partial charge is 0.248 e. The van der Waals surface area contributed by atoms with E-state index in [4.69, 9.17) is 10.6 Å². The molecular weight excluding hydrogens is 352 g/mol. The predicted octanol–water partition coefficient (Wildman–Crippen LogP) is 3.73. The Balaban J connectivity index is 1.71. The van der Waals surface area contributed by atoms with Crippen LogP contribution < -0.4 is 10.6 Å². The van der Waals surface area contributed by atoms with Crippen molar-refractivity contribution in [1.82, 2.24) is 9.78 Å². The number of benzene rings is 2. The molecule has 0 saturated heterocycles. The lowest BCUT2D eigenvalue weighted by atomic mass is 9.76. The molecule has 0 spiro atoms. The van der Waals surface area contributed by atoms with E-state index in [-0.39, 0.29) is 5.41 Å². The van der Waals surface area contributed by atoms with Gasteiger partial charge >= 0.3 is 0 Å². The summed E-state index contributed by atoms with van der Waals surface area (Å²) in [5, 5.41) is 9.01. The van der Waals surface area contributed by atoms with Gasteiger partial charge in [0.25, 0.3) is 0 Å². The number of carbonyl (C=O) groups is 1. The van der Waals surface area contributed by atoms with Crippen molar-refractivity contribution in [2.24, 2.45) is 16.3 Å². The fourth-order valence-electron chi connectivity index (χ4n) is 3.51. The number of primary amides is 1. The van der Waals surface area contributed by atoms with Gasteiger partial charge in [0, 0.05) is 11.1 Å². The van der Waals surface area contributed by atoms with Crippen molar-refractivity contribution >= 4 is 11.6 Å². The van der Waals surface area contributed by atoms with Crippen LogP contribution in [0.3, 0.4) is 0 Å². The SMILES string of the molecule is CC1(C)CC(=NOc2ccccc2)c2cnn(-c3ccc(C(N)=O)cc3)c2C1. The Hall–Kier alpha value is -3.41. The van der Waals surface area contributed by atoms with E-state index in [9.17, 15) is 4.79 Å². The zero-order valence-corrected chi connectivity index (χ0v) is 15.9. The number of hydrogen-bond donors (Lipinski definition) is 1. The van der Waals surface area contributed by atoms with Gasteiger partial charge in [-0.1, -0.05) is 37.2 Å². The van der Waals surface area contributed by atoms with Crippen molar-refractivity contribution in [1.29, 1.82) is 0 Å². The van der Waals surface area contributed by atoms with Crippen molar-refractivity contribution in [2.45, 2.75) is 26.7 Å². The van der Waals surface area contributed by atoms with E-state index in [0.717, 1.165) is 35.5 Å². The van der Waals surface area contributed by atoms with E-state index >= 15 is 0 Å². The Morgan fingerprint density at radius 3 is 2.50 bits per heavy atom. The highest BCUT2D eigenvalue weighted by molar-refractivity contribution is 6.02. The first-order chi connectivity index (χ1) is 13.4. The van der Waals surface area contributed by atoms with Crippen molar-refractivity contribution in [3.63, 3.8) is 0 Å². The number of fused-ring (bicyclic) bond motifs is 1. The van der Waals surface area contributed by atoms with E-state index in [1.807, 2.05) is 53.3 Å². The van der Waals surface area contributed by atoms with Crippen LogP contribution in [0.1, 0.15) is 41.9 Å². The average Bonchev–Trinajstić information content (AvgIpc) is 3.09. The monoisotopic (exact) mass is 374 g/mol. The molecule has 1 heterocycles. The van der Waals surface area contributed by atoms with E-state index in [1.54, 1.807) is 12.1 Å². The van der Waals surface area contributed by atoms with E-state index in [0.29, 0.717) is 11.3 Å². The molecule has 1 amide bonds. The molecule has 0 saturated carbocycles. The van der Waals surface area contributed by atoms with Gasteiger partial charge in [0.2, 0.25) is 5.91 Å². The van der Waals surface area contributed by atoms with Crippen LogP contribution in [-0.4, -0.2) is 21.4 Å². The second kappa shape index (κ2) is 6.96. The Labute approximate surface area is 163 Å². The van der Waals surface area contributed by atoms with Gasteiger partial charge in [0.1, 0.15) is 0 Å². The molecule has 1 aliphatic carbocycles. The quantitative estimate of drug-likeness (QED) is 0.707. The summed E-state index contributed by atoms with van der Waals surface area (Å²) in [6.45, 7) is 4.42. The number of aromatic nitrogens is 2. The molecule has 4 rings (SSSR count). The number of carbonyl (C=O) groups excluding carboxylic acids is 1. The van der Waals surface area contributed by atoms with Gasteiger partial charge in [-0.15, -0.1) is 0 Å². The highest BCUT2D eigenvalue weighted by Crippen LogP contribution is 2.36. The Bertz CT molecular complexity index is 1030. The summed E-state index contributed by atoms with van der Waals surface area (Å²) in [5.74, 6) is 0.261. The Morgan fingerprint density at radius 2 is 1.82 bits per heavy atom. The van der Waals surface area contributed by atoms with Crippen LogP contribution in [0.2, 0.25) is 0 Å². The molecule has 1 aromatic heterocycles. The van der Waals surface area contributed by atoms with Crippen molar-refractivity contribution in [2.75, 3.05) is 0 Å². The van der Waals surface area contributed by atoms with Crippen LogP contribution in [0.25, 0.3) is 5.69 Å². The molecule has 6 heteroatoms. The summed E-state index contributed by atoms with van der Waals surface area (Å²) in [6, 6.07) is 16.7. The maximum Gasteiger partial charge on any atom is 0.248 e. The minimum absolute atomic E-state index is 0.0246. The maximum atomic E-state index is 11.3. The predicted molar refractivity (Wildman–Crippen MR) is 108 cm³/mol. The zero-order chi connectivity index (χ0) is 19.7. The first-order valence-electron chi connectivity index (χ1n) is 9.19. The molecule has 0 unspecified atom stereocenters. The van der Waals surface area contributed by atoms with Crippen LogP contribution >= 0.6 is 0 Å². The Morgan fingerprint density at radius 1 is 1.11 bits per heavy atom. The topological polar surface area (TPSA) is 82.5 Å². The van der Waals surface area contributed by atoms with Gasteiger partial charge < -0.3 is 10.6 Å². The van der Waals surface area contributed by atoms with Gasteiger partial charge in [0.05, 0.1) is 23.3 Å². The number of para-hydroxylation sites is 1. The third-order valence-corrected chi connectivity index (χ3v) is 4.87. The maximum absolute atomic E-state index is 11.3. The second-order valence-electron chi connectivity index (χ2n) is 7.79. The molecular formula is C22H22N4O2. The molecule has 0 fully saturated rings. The lowest BCUT2D eigenvalue weighted by Crippen LogP contribution is -2.28. The molecule has 3 aromatic rings. The molecule has 142 valence electrons. The van der Waals surface area contributed by atoms with E-state index in [2.05, 4.69) is 24.1 Å². The molecule has 6 nitrogen and oxygen atoms in total. The van der Waals surface area contributed by atoms with Crippen molar-refractivity contribution in [3.05, 3.63) is 77.6 Å². The lowest BCUT2D eigenvalue weighted by molar-refractivity contribution is 0.100. The molecule has 2 N–H and O–H groups in total. The average molecular weight is 374 g/mol. The summed E-state index contributed by atoms with van der Waals surface area (Å²) in [7, 11) is 0. The standard InChI is InChI=1S/C22H22N4O2/c1-22(2)12-19(25-28-17-6-4-3-5-7-17)18-14-24-26(20(18)13-22)16-10-8-15(9-11-16)21(23)27/h3-11,14H,12-13H2,1-2H3,(H2,23,27). The molecule has 0 atom stereocenters. The van der Waals surface area contributed by atoms with Crippen LogP contribution in [0.15, 0.2) is 65.9 Å². The van der Waals surface area contributed by atoms with Gasteiger partial charge in [-0.05, 0) is 54.7 Å². The number of nitrogens with two attached hydrogens (primary N) is 1. The number of nitrogens with zero attached hydrogens (tertiary/aromatic N) is 3. The van der Waals surface area contributed by atoms with Crippen LogP contribution in [-0.2, 0) is 6.42 Å². The minimum Gasteiger partial charge on any atom is -0.366 e. The van der Waals surface area contributed by atoms with Crippen molar-refractivity contribution in [3.8, 4) is 11.4 Å². The summed E-state index contributed by atoms with van der Waals surface area (Å²) >= 11 is 0. The summed E-state index contributed by atoms with van der Waals surface area (Å²) in [5.41, 5.74) is 9.68. The number of hydrogen-bond acceptors (Lipinski definition) is 4. The third-order valence-electron chi connectivity index (χ3n) is 4.87. The van der Waals surface area contributed by atoms with Crippen LogP contribution in [0, 0.1) is 5.41 Å². The van der Waals surface area contributed by atoms with Crippen LogP contribution in [0.5, 0.6) is 5.75 Å². The zero-order valence-electron chi connectivity index (χ0n) is 15.9. The summed E-state index contributed by atoms with van der Waals surface area (Å²) in [6.07, 6.45) is 3.50. The van der Waals surface area contributed by atoms with Gasteiger partial charge in [-0.2, -0.15) is 5.10 Å². The van der Waals surface area contributed by atoms with E-state index < -0.39 is 5.91 Å². The highest BCUT2D eigenvalue weighted by atomic mass is 16.6. The summed E-state index contributed by atoms with van der Waals surface area (Å²) in [4.78, 5) is 17.0. The fourth-order valence-corrected chi connectivity index (χ4v) is 3.51. The van der Waals surface area contributed by atoms with Gasteiger partial charge in [0.15, 0.2) is 5.75 Å². The van der Waals surface area contributed by atoms with E-state index in [1.165, 1.54) is 0 Å². The molecule has 1 aliphatic rings.